The molecule has 0 radical (unpaired) electrons. The number of benzene rings is 1. The molecule has 1 atom stereocenters. The number of amides is 1. The maximum absolute atomic E-state index is 13.1. The molecule has 166 valence electrons. The van der Waals surface area contributed by atoms with Crippen molar-refractivity contribution in [3.8, 4) is 11.5 Å². The molecule has 1 amide bonds. The quantitative estimate of drug-likeness (QED) is 0.529. The molecule has 7 heteroatoms. The number of carbonyl (C=O) groups is 1. The van der Waals surface area contributed by atoms with Crippen molar-refractivity contribution in [3.05, 3.63) is 23.8 Å². The third-order valence-corrected chi connectivity index (χ3v) is 4.54. The van der Waals surface area contributed by atoms with Crippen LogP contribution in [0.3, 0.4) is 0 Å². The van der Waals surface area contributed by atoms with Gasteiger partial charge in [0.2, 0.25) is 5.91 Å². The number of methoxy groups -OCH3 is 4. The van der Waals surface area contributed by atoms with Crippen LogP contribution in [0.25, 0.3) is 0 Å². The van der Waals surface area contributed by atoms with Gasteiger partial charge in [-0.15, -0.1) is 0 Å². The van der Waals surface area contributed by atoms with Gasteiger partial charge in [0.25, 0.3) is 0 Å². The highest BCUT2D eigenvalue weighted by Crippen LogP contribution is 2.27. The Morgan fingerprint density at radius 2 is 1.83 bits per heavy atom. The Morgan fingerprint density at radius 1 is 1.17 bits per heavy atom. The normalized spacial score (nSPS) is 16.8. The van der Waals surface area contributed by atoms with E-state index in [-0.39, 0.29) is 29.4 Å². The van der Waals surface area contributed by atoms with Gasteiger partial charge in [-0.05, 0) is 43.0 Å². The van der Waals surface area contributed by atoms with Gasteiger partial charge in [-0.25, -0.2) is 0 Å². The first-order valence-corrected chi connectivity index (χ1v) is 9.48. The molecule has 0 aliphatic heterocycles. The largest absolute Gasteiger partial charge is 0.493 e. The average molecular weight is 417 g/mol. The molecule has 0 fully saturated rings. The van der Waals surface area contributed by atoms with Crippen LogP contribution < -0.4 is 14.8 Å². The van der Waals surface area contributed by atoms with E-state index in [2.05, 4.69) is 26.1 Å². The van der Waals surface area contributed by atoms with Gasteiger partial charge in [-0.1, -0.05) is 26.8 Å². The minimum Gasteiger partial charge on any atom is -0.493 e. The van der Waals surface area contributed by atoms with E-state index in [1.54, 1.807) is 20.3 Å². The summed E-state index contributed by atoms with van der Waals surface area (Å²) < 4.78 is 64.1. The van der Waals surface area contributed by atoms with Crippen LogP contribution in [0.4, 0.5) is 0 Å². The molecule has 0 aliphatic rings. The zero-order valence-corrected chi connectivity index (χ0v) is 18.2. The molecule has 7 nitrogen and oxygen atoms in total. The van der Waals surface area contributed by atoms with E-state index in [1.807, 2.05) is 11.9 Å². The summed E-state index contributed by atoms with van der Waals surface area (Å²) >= 11 is 0. The van der Waals surface area contributed by atoms with Crippen molar-refractivity contribution in [2.24, 2.45) is 5.41 Å². The summed E-state index contributed by atoms with van der Waals surface area (Å²) in [4.78, 5) is 15.0. The zero-order chi connectivity index (χ0) is 27.0. The maximum atomic E-state index is 13.1. The fraction of sp³-hybridized carbons (Fsp3) is 0.682. The second-order valence-electron chi connectivity index (χ2n) is 8.15. The molecule has 0 unspecified atom stereocenters. The second kappa shape index (κ2) is 12.0. The molecule has 0 heterocycles. The molecular formula is C22H38N2O5. The van der Waals surface area contributed by atoms with Gasteiger partial charge in [0.1, 0.15) is 0 Å². The van der Waals surface area contributed by atoms with Gasteiger partial charge in [0.05, 0.1) is 28.3 Å². The van der Waals surface area contributed by atoms with Gasteiger partial charge in [-0.2, -0.15) is 0 Å². The standard InChI is InChI=1S/C22H38N2O5/c1-22(2,3)14-17(24(4)15-20(28-7)29-8)21(25)23-12-11-16-9-10-18(26-5)19(13-16)27-6/h9-10,13,17,20H,11-12,14-15H2,1-8H3,(H,23,25)/t17-/m1/s1/i5D3,6D3. The van der Waals surface area contributed by atoms with Crippen molar-refractivity contribution >= 4 is 5.91 Å². The lowest BCUT2D eigenvalue weighted by molar-refractivity contribution is -0.135. The molecule has 0 aromatic heterocycles. The highest BCUT2D eigenvalue weighted by atomic mass is 16.7. The molecule has 0 spiro atoms. The molecule has 0 aliphatic carbocycles. The number of nitrogens with one attached hydrogen (secondary N) is 1. The maximum Gasteiger partial charge on any atom is 0.237 e. The number of nitrogens with zero attached hydrogens (tertiary/aromatic N) is 1. The number of rotatable bonds is 12. The highest BCUT2D eigenvalue weighted by molar-refractivity contribution is 5.81. The highest BCUT2D eigenvalue weighted by Gasteiger charge is 2.29. The monoisotopic (exact) mass is 416 g/mol. The summed E-state index contributed by atoms with van der Waals surface area (Å²) in [5.74, 6) is -0.568. The van der Waals surface area contributed by atoms with Crippen molar-refractivity contribution in [2.75, 3.05) is 48.4 Å². The molecule has 0 bridgehead atoms. The van der Waals surface area contributed by atoms with Crippen molar-refractivity contribution in [1.82, 2.24) is 10.2 Å². The van der Waals surface area contributed by atoms with Crippen molar-refractivity contribution < 1.29 is 32.0 Å². The third kappa shape index (κ3) is 8.60. The molecule has 1 aromatic rings. The van der Waals surface area contributed by atoms with E-state index < -0.39 is 26.4 Å². The smallest absolute Gasteiger partial charge is 0.237 e. The van der Waals surface area contributed by atoms with Crippen LogP contribution in [0.15, 0.2) is 18.2 Å². The van der Waals surface area contributed by atoms with Crippen molar-refractivity contribution in [3.63, 3.8) is 0 Å². The number of carbonyl (C=O) groups excluding carboxylic acids is 1. The SMILES string of the molecule is [2H]C([2H])([2H])Oc1ccc(CCNC(=O)[C@@H](CC(C)(C)C)N(C)CC(OC)OC)cc1OC([2H])([2H])[2H]. The summed E-state index contributed by atoms with van der Waals surface area (Å²) in [6.07, 6.45) is 0.497. The average Bonchev–Trinajstić information content (AvgIpc) is 2.69. The van der Waals surface area contributed by atoms with Gasteiger partial charge < -0.3 is 24.3 Å². The van der Waals surface area contributed by atoms with Gasteiger partial charge in [-0.3, -0.25) is 9.69 Å². The van der Waals surface area contributed by atoms with Crippen LogP contribution >= 0.6 is 0 Å². The molecule has 1 N–H and O–H groups in total. The molecular weight excluding hydrogens is 372 g/mol. The Hall–Kier alpha value is -1.83. The Kier molecular flexibility index (Phi) is 7.00. The summed E-state index contributed by atoms with van der Waals surface area (Å²) in [7, 11) is -0.629. The number of likely N-dealkylation sites (N-methyl/N-ethyl adjacent to an activating group) is 1. The topological polar surface area (TPSA) is 69.3 Å². The predicted octanol–water partition coefficient (Wildman–Crippen LogP) is 2.72. The van der Waals surface area contributed by atoms with Crippen molar-refractivity contribution in [1.29, 1.82) is 0 Å². The Balaban J connectivity index is 2.93. The Labute approximate surface area is 184 Å². The van der Waals surface area contributed by atoms with E-state index in [1.165, 1.54) is 12.1 Å². The Bertz CT molecular complexity index is 807. The summed E-state index contributed by atoms with van der Waals surface area (Å²) in [5.41, 5.74) is 0.536. The van der Waals surface area contributed by atoms with Gasteiger partial charge in [0.15, 0.2) is 17.8 Å². The fourth-order valence-electron chi connectivity index (χ4n) is 2.96. The molecule has 29 heavy (non-hydrogen) atoms. The van der Waals surface area contributed by atoms with Crippen LogP contribution in [0.1, 0.15) is 41.0 Å². The lowest BCUT2D eigenvalue weighted by Crippen LogP contribution is -2.49. The van der Waals surface area contributed by atoms with Crippen LogP contribution in [-0.2, 0) is 20.7 Å². The van der Waals surface area contributed by atoms with E-state index in [4.69, 9.17) is 27.2 Å². The number of hydrogen-bond acceptors (Lipinski definition) is 6. The summed E-state index contributed by atoms with van der Waals surface area (Å²) in [6.45, 7) is 6.85. The van der Waals surface area contributed by atoms with E-state index >= 15 is 0 Å². The number of ether oxygens (including phenoxy) is 4. The predicted molar refractivity (Wildman–Crippen MR) is 115 cm³/mol. The van der Waals surface area contributed by atoms with Crippen LogP contribution in [0, 0.1) is 5.41 Å². The molecule has 0 saturated carbocycles. The third-order valence-electron chi connectivity index (χ3n) is 4.54. The van der Waals surface area contributed by atoms with E-state index in [0.717, 1.165) is 0 Å². The number of hydrogen-bond donors (Lipinski definition) is 1. The van der Waals surface area contributed by atoms with Gasteiger partial charge in [0, 0.05) is 27.3 Å². The van der Waals surface area contributed by atoms with E-state index in [0.29, 0.717) is 24.9 Å². The van der Waals surface area contributed by atoms with E-state index in [9.17, 15) is 4.79 Å². The molecule has 1 rings (SSSR count). The minimum atomic E-state index is -2.79. The fourth-order valence-corrected chi connectivity index (χ4v) is 2.96. The van der Waals surface area contributed by atoms with Crippen LogP contribution in [0.5, 0.6) is 11.5 Å². The lowest BCUT2D eigenvalue weighted by atomic mass is 9.87. The summed E-state index contributed by atoms with van der Waals surface area (Å²) in [6, 6.07) is 3.92. The second-order valence-corrected chi connectivity index (χ2v) is 8.15. The van der Waals surface area contributed by atoms with Crippen LogP contribution in [0.2, 0.25) is 0 Å². The first-order valence-electron chi connectivity index (χ1n) is 12.5. The zero-order valence-electron chi connectivity index (χ0n) is 24.2. The van der Waals surface area contributed by atoms with Gasteiger partial charge >= 0.3 is 0 Å². The lowest BCUT2D eigenvalue weighted by Gasteiger charge is -2.33. The summed E-state index contributed by atoms with van der Waals surface area (Å²) in [5, 5.41) is 2.93. The first-order chi connectivity index (χ1) is 15.9. The minimum absolute atomic E-state index is 0.105. The van der Waals surface area contributed by atoms with Crippen LogP contribution in [-0.4, -0.2) is 71.6 Å². The Morgan fingerprint density at radius 3 is 2.41 bits per heavy atom. The van der Waals surface area contributed by atoms with Crippen molar-refractivity contribution in [2.45, 2.75) is 45.9 Å². The first kappa shape index (κ1) is 16.9. The molecule has 0 saturated heterocycles. The molecule has 1 aromatic carbocycles.